The van der Waals surface area contributed by atoms with Crippen molar-refractivity contribution in [2.75, 3.05) is 24.5 Å². The van der Waals surface area contributed by atoms with E-state index in [2.05, 4.69) is 14.8 Å². The van der Waals surface area contributed by atoms with Crippen LogP contribution in [0.15, 0.2) is 6.07 Å². The van der Waals surface area contributed by atoms with Crippen molar-refractivity contribution in [3.63, 3.8) is 0 Å². The highest BCUT2D eigenvalue weighted by Gasteiger charge is 2.50. The predicted molar refractivity (Wildman–Crippen MR) is 112 cm³/mol. The number of carbonyl (C=O) groups is 2. The molecule has 1 saturated carbocycles. The number of ether oxygens (including phenoxy) is 1. The van der Waals surface area contributed by atoms with Crippen LogP contribution in [0.25, 0.3) is 0 Å². The summed E-state index contributed by atoms with van der Waals surface area (Å²) in [4.78, 5) is 33.6. The summed E-state index contributed by atoms with van der Waals surface area (Å²) in [5.74, 6) is 1.49. The number of hydrogen-bond acceptors (Lipinski definition) is 6. The minimum atomic E-state index is -0.851. The van der Waals surface area contributed by atoms with Crippen molar-refractivity contribution in [1.82, 2.24) is 9.88 Å². The number of primary amides is 1. The lowest BCUT2D eigenvalue weighted by Gasteiger charge is -2.41. The highest BCUT2D eigenvalue weighted by atomic mass is 16.5. The number of amides is 2. The predicted octanol–water partition coefficient (Wildman–Crippen LogP) is 2.28. The van der Waals surface area contributed by atoms with Crippen molar-refractivity contribution in [1.29, 1.82) is 0 Å². The number of rotatable bonds is 3. The van der Waals surface area contributed by atoms with Gasteiger partial charge < -0.3 is 25.4 Å². The summed E-state index contributed by atoms with van der Waals surface area (Å²) < 4.78 is 5.05. The van der Waals surface area contributed by atoms with Crippen LogP contribution in [0, 0.1) is 19.3 Å². The normalized spacial score (nSPS) is 29.5. The number of hydrogen-bond donors (Lipinski definition) is 2. The molecule has 3 N–H and O–H groups in total. The van der Waals surface area contributed by atoms with Gasteiger partial charge in [0, 0.05) is 25.7 Å². The van der Waals surface area contributed by atoms with Gasteiger partial charge in [-0.15, -0.1) is 0 Å². The summed E-state index contributed by atoms with van der Waals surface area (Å²) in [5, 5.41) is 9.80. The van der Waals surface area contributed by atoms with Crippen LogP contribution in [0.5, 0.6) is 5.75 Å². The van der Waals surface area contributed by atoms with E-state index in [9.17, 15) is 14.7 Å². The Hall–Kier alpha value is -2.35. The van der Waals surface area contributed by atoms with Gasteiger partial charge >= 0.3 is 6.09 Å². The van der Waals surface area contributed by atoms with Crippen molar-refractivity contribution in [2.45, 2.75) is 70.9 Å². The van der Waals surface area contributed by atoms with Crippen LogP contribution in [0.4, 0.5) is 10.6 Å². The highest BCUT2D eigenvalue weighted by Crippen LogP contribution is 2.43. The van der Waals surface area contributed by atoms with Crippen LogP contribution in [0.3, 0.4) is 0 Å². The molecule has 0 radical (unpaired) electrons. The van der Waals surface area contributed by atoms with Crippen molar-refractivity contribution in [2.24, 2.45) is 11.1 Å². The molecule has 1 aliphatic carbocycles. The number of piperidine rings is 1. The lowest BCUT2D eigenvalue weighted by atomic mass is 9.78. The van der Waals surface area contributed by atoms with E-state index < -0.39 is 6.09 Å². The zero-order valence-corrected chi connectivity index (χ0v) is 17.9. The number of likely N-dealkylation sites (tertiary alicyclic amines) is 1. The summed E-state index contributed by atoms with van der Waals surface area (Å²) in [6.45, 7) is 6.06. The third kappa shape index (κ3) is 3.85. The SMILES string of the molecule is Cc1cc(OC(N)=O)c(C)nc1N1CCC[C@@]2(CCN(C3CCC(O)CC3)C2=O)C1. The zero-order chi connectivity index (χ0) is 21.5. The van der Waals surface area contributed by atoms with Gasteiger partial charge in [0.05, 0.1) is 17.2 Å². The molecule has 0 unspecified atom stereocenters. The minimum Gasteiger partial charge on any atom is -0.409 e. The van der Waals surface area contributed by atoms with Crippen molar-refractivity contribution < 1.29 is 19.4 Å². The molecule has 164 valence electrons. The largest absolute Gasteiger partial charge is 0.410 e. The standard InChI is InChI=1S/C22H32N4O4/c1-14-12-18(30-21(23)29)15(2)24-19(14)25-10-3-8-22(13-25)9-11-26(20(22)28)16-4-6-17(27)7-5-16/h12,16-17,27H,3-11,13H2,1-2H3,(H2,23,29)/t16?,17?,22-/m1/s1. The van der Waals surface area contributed by atoms with Crippen LogP contribution in [-0.4, -0.2) is 58.8 Å². The second kappa shape index (κ2) is 8.06. The van der Waals surface area contributed by atoms with E-state index in [-0.39, 0.29) is 23.5 Å². The number of carbonyl (C=O) groups excluding carboxylic acids is 2. The topological polar surface area (TPSA) is 109 Å². The van der Waals surface area contributed by atoms with Gasteiger partial charge in [-0.25, -0.2) is 9.78 Å². The molecular weight excluding hydrogens is 384 g/mol. The molecule has 1 atom stereocenters. The lowest BCUT2D eigenvalue weighted by molar-refractivity contribution is -0.139. The van der Waals surface area contributed by atoms with E-state index in [0.29, 0.717) is 18.0 Å². The molecule has 1 aromatic heterocycles. The smallest absolute Gasteiger partial charge is 0.409 e. The van der Waals surface area contributed by atoms with Crippen molar-refractivity contribution >= 4 is 17.8 Å². The Kier molecular flexibility index (Phi) is 5.61. The third-order valence-corrected chi connectivity index (χ3v) is 7.07. The fraction of sp³-hybridized carbons (Fsp3) is 0.682. The summed E-state index contributed by atoms with van der Waals surface area (Å²) in [6, 6.07) is 2.06. The molecule has 8 heteroatoms. The van der Waals surface area contributed by atoms with Crippen LogP contribution in [-0.2, 0) is 4.79 Å². The maximum absolute atomic E-state index is 13.5. The molecule has 3 aliphatic rings. The molecule has 4 rings (SSSR count). The molecular formula is C22H32N4O4. The number of nitrogens with zero attached hydrogens (tertiary/aromatic N) is 3. The monoisotopic (exact) mass is 416 g/mol. The number of aromatic nitrogens is 1. The fourth-order valence-electron chi connectivity index (χ4n) is 5.46. The van der Waals surface area contributed by atoms with Gasteiger partial charge in [-0.2, -0.15) is 0 Å². The van der Waals surface area contributed by atoms with Gasteiger partial charge in [-0.1, -0.05) is 0 Å². The van der Waals surface area contributed by atoms with E-state index >= 15 is 0 Å². The second-order valence-electron chi connectivity index (χ2n) is 9.15. The Morgan fingerprint density at radius 3 is 2.67 bits per heavy atom. The summed E-state index contributed by atoms with van der Waals surface area (Å²) in [6.07, 6.45) is 5.04. The summed E-state index contributed by atoms with van der Waals surface area (Å²) >= 11 is 0. The summed E-state index contributed by atoms with van der Waals surface area (Å²) in [7, 11) is 0. The summed E-state index contributed by atoms with van der Waals surface area (Å²) in [5.41, 5.74) is 6.30. The Bertz CT molecular complexity index is 837. The number of aliphatic hydroxyl groups excluding tert-OH is 1. The average Bonchev–Trinajstić information content (AvgIpc) is 3.00. The molecule has 1 spiro atoms. The van der Waals surface area contributed by atoms with Crippen LogP contribution < -0.4 is 15.4 Å². The van der Waals surface area contributed by atoms with Gasteiger partial charge in [0.15, 0.2) is 5.75 Å². The van der Waals surface area contributed by atoms with E-state index in [1.807, 2.05) is 6.92 Å². The molecule has 2 saturated heterocycles. The van der Waals surface area contributed by atoms with Gasteiger partial charge in [-0.3, -0.25) is 4.79 Å². The second-order valence-corrected chi connectivity index (χ2v) is 9.15. The van der Waals surface area contributed by atoms with Gasteiger partial charge in [0.25, 0.3) is 0 Å². The van der Waals surface area contributed by atoms with Crippen molar-refractivity contribution in [3.05, 3.63) is 17.3 Å². The Balaban J connectivity index is 1.51. The lowest BCUT2D eigenvalue weighted by Crippen LogP contribution is -2.50. The Morgan fingerprint density at radius 2 is 1.97 bits per heavy atom. The van der Waals surface area contributed by atoms with Gasteiger partial charge in [0.1, 0.15) is 5.82 Å². The van der Waals surface area contributed by atoms with Crippen LogP contribution >= 0.6 is 0 Å². The average molecular weight is 417 g/mol. The molecule has 1 aromatic rings. The van der Waals surface area contributed by atoms with Crippen molar-refractivity contribution in [3.8, 4) is 5.75 Å². The molecule has 3 fully saturated rings. The van der Waals surface area contributed by atoms with Crippen LogP contribution in [0.1, 0.15) is 56.2 Å². The maximum Gasteiger partial charge on any atom is 0.410 e. The Morgan fingerprint density at radius 1 is 1.23 bits per heavy atom. The number of anilines is 1. The zero-order valence-electron chi connectivity index (χ0n) is 17.9. The quantitative estimate of drug-likeness (QED) is 0.782. The first-order valence-corrected chi connectivity index (χ1v) is 11.0. The molecule has 2 aliphatic heterocycles. The third-order valence-electron chi connectivity index (χ3n) is 7.07. The van der Waals surface area contributed by atoms with E-state index in [1.165, 1.54) is 0 Å². The first-order valence-electron chi connectivity index (χ1n) is 11.0. The number of nitrogens with two attached hydrogens (primary N) is 1. The maximum atomic E-state index is 13.5. The molecule has 2 amide bonds. The number of aliphatic hydroxyl groups is 1. The molecule has 8 nitrogen and oxygen atoms in total. The van der Waals surface area contributed by atoms with Crippen LogP contribution in [0.2, 0.25) is 0 Å². The fourth-order valence-corrected chi connectivity index (χ4v) is 5.46. The van der Waals surface area contributed by atoms with E-state index in [4.69, 9.17) is 10.5 Å². The van der Waals surface area contributed by atoms with Gasteiger partial charge in [-0.05, 0) is 70.4 Å². The van der Waals surface area contributed by atoms with Gasteiger partial charge in [0.2, 0.25) is 5.91 Å². The van der Waals surface area contributed by atoms with E-state index in [0.717, 1.165) is 69.4 Å². The van der Waals surface area contributed by atoms with E-state index in [1.54, 1.807) is 13.0 Å². The molecule has 30 heavy (non-hydrogen) atoms. The highest BCUT2D eigenvalue weighted by molar-refractivity contribution is 5.86. The first kappa shape index (κ1) is 20.9. The first-order chi connectivity index (χ1) is 14.3. The Labute approximate surface area is 177 Å². The number of pyridine rings is 1. The number of aryl methyl sites for hydroxylation is 2. The molecule has 3 heterocycles. The minimum absolute atomic E-state index is 0.211. The molecule has 0 bridgehead atoms. The molecule has 0 aromatic carbocycles.